The Balaban J connectivity index is 3.04. The maximum atomic E-state index is 5.67. The Hall–Kier alpha value is -1.71. The minimum atomic E-state index is 0.578. The highest BCUT2D eigenvalue weighted by Gasteiger charge is 2.00. The first-order chi connectivity index (χ1) is 5.65. The van der Waals surface area contributed by atoms with Gasteiger partial charge in [0.05, 0.1) is 6.20 Å². The molecule has 4 N–H and O–H groups in total. The molecule has 0 atom stereocenters. The highest BCUT2D eigenvalue weighted by Crippen LogP contribution is 2.12. The number of aryl methyl sites for hydroxylation is 1. The SMILES string of the molecule is C=C/C(N)=C/c1cnn(C)c1N. The lowest BCUT2D eigenvalue weighted by Gasteiger charge is -1.95. The number of hydrogen-bond donors (Lipinski definition) is 2. The molecule has 1 rings (SSSR count). The second-order valence-corrected chi connectivity index (χ2v) is 2.46. The van der Waals surface area contributed by atoms with Crippen LogP contribution >= 0.6 is 0 Å². The molecule has 1 heterocycles. The van der Waals surface area contributed by atoms with Gasteiger partial charge in [-0.3, -0.25) is 4.68 Å². The third kappa shape index (κ3) is 1.47. The van der Waals surface area contributed by atoms with Gasteiger partial charge in [0.15, 0.2) is 0 Å². The van der Waals surface area contributed by atoms with Gasteiger partial charge in [-0.05, 0) is 12.2 Å². The minimum Gasteiger partial charge on any atom is -0.399 e. The van der Waals surface area contributed by atoms with Crippen LogP contribution in [0.4, 0.5) is 5.82 Å². The van der Waals surface area contributed by atoms with Crippen molar-refractivity contribution in [2.45, 2.75) is 0 Å². The van der Waals surface area contributed by atoms with E-state index in [9.17, 15) is 0 Å². The second-order valence-electron chi connectivity index (χ2n) is 2.46. The lowest BCUT2D eigenvalue weighted by molar-refractivity contribution is 0.779. The van der Waals surface area contributed by atoms with Crippen molar-refractivity contribution in [3.8, 4) is 0 Å². The van der Waals surface area contributed by atoms with E-state index in [1.807, 2.05) is 0 Å². The summed E-state index contributed by atoms with van der Waals surface area (Å²) in [6, 6.07) is 0. The molecular weight excluding hydrogens is 152 g/mol. The largest absolute Gasteiger partial charge is 0.399 e. The Bertz CT molecular complexity index is 322. The molecule has 0 saturated carbocycles. The standard InChI is InChI=1S/C8H12N4/c1-3-7(9)4-6-5-11-12(2)8(6)10/h3-5H,1,9-10H2,2H3/b7-4-. The number of nitrogens with two attached hydrogens (primary N) is 2. The van der Waals surface area contributed by atoms with Gasteiger partial charge in [-0.1, -0.05) is 6.58 Å². The zero-order valence-corrected chi connectivity index (χ0v) is 6.99. The van der Waals surface area contributed by atoms with E-state index in [0.29, 0.717) is 11.5 Å². The summed E-state index contributed by atoms with van der Waals surface area (Å²) in [4.78, 5) is 0. The first-order valence-electron chi connectivity index (χ1n) is 3.52. The average Bonchev–Trinajstić information content (AvgIpc) is 2.36. The molecule has 1 aromatic rings. The summed E-state index contributed by atoms with van der Waals surface area (Å²) in [7, 11) is 1.77. The molecule has 1 aromatic heterocycles. The van der Waals surface area contributed by atoms with E-state index in [-0.39, 0.29) is 0 Å². The monoisotopic (exact) mass is 164 g/mol. The van der Waals surface area contributed by atoms with Crippen molar-refractivity contribution < 1.29 is 0 Å². The fourth-order valence-electron chi connectivity index (χ4n) is 0.814. The third-order valence-corrected chi connectivity index (χ3v) is 1.57. The van der Waals surface area contributed by atoms with Gasteiger partial charge in [0.25, 0.3) is 0 Å². The highest BCUT2D eigenvalue weighted by atomic mass is 15.3. The van der Waals surface area contributed by atoms with E-state index in [2.05, 4.69) is 11.7 Å². The van der Waals surface area contributed by atoms with Crippen molar-refractivity contribution in [3.63, 3.8) is 0 Å². The summed E-state index contributed by atoms with van der Waals surface area (Å²) >= 11 is 0. The lowest BCUT2D eigenvalue weighted by Crippen LogP contribution is -1.98. The lowest BCUT2D eigenvalue weighted by atomic mass is 10.2. The van der Waals surface area contributed by atoms with Crippen LogP contribution in [0.3, 0.4) is 0 Å². The summed E-state index contributed by atoms with van der Waals surface area (Å²) in [6.07, 6.45) is 4.95. The van der Waals surface area contributed by atoms with Gasteiger partial charge in [0, 0.05) is 18.3 Å². The Morgan fingerprint density at radius 2 is 2.42 bits per heavy atom. The van der Waals surface area contributed by atoms with Gasteiger partial charge in [0.2, 0.25) is 0 Å². The van der Waals surface area contributed by atoms with Gasteiger partial charge in [-0.2, -0.15) is 5.10 Å². The molecule has 0 spiro atoms. The molecule has 64 valence electrons. The van der Waals surface area contributed by atoms with Crippen molar-refractivity contribution in [2.24, 2.45) is 12.8 Å². The average molecular weight is 164 g/mol. The van der Waals surface area contributed by atoms with Crippen LogP contribution < -0.4 is 11.5 Å². The molecule has 0 radical (unpaired) electrons. The summed E-state index contributed by atoms with van der Waals surface area (Å²) < 4.78 is 1.59. The van der Waals surface area contributed by atoms with E-state index in [1.54, 1.807) is 30.1 Å². The van der Waals surface area contributed by atoms with E-state index < -0.39 is 0 Å². The van der Waals surface area contributed by atoms with Crippen molar-refractivity contribution in [2.75, 3.05) is 5.73 Å². The number of hydrogen-bond acceptors (Lipinski definition) is 3. The van der Waals surface area contributed by atoms with Crippen LogP contribution in [-0.4, -0.2) is 9.78 Å². The van der Waals surface area contributed by atoms with Crippen molar-refractivity contribution in [3.05, 3.63) is 30.1 Å². The Kier molecular flexibility index (Phi) is 2.19. The number of nitrogens with zero attached hydrogens (tertiary/aromatic N) is 2. The molecule has 0 aliphatic rings. The molecular formula is C8H12N4. The maximum absolute atomic E-state index is 5.67. The van der Waals surface area contributed by atoms with E-state index in [1.165, 1.54) is 0 Å². The number of allylic oxidation sites excluding steroid dienone is 1. The van der Waals surface area contributed by atoms with Gasteiger partial charge >= 0.3 is 0 Å². The maximum Gasteiger partial charge on any atom is 0.128 e. The van der Waals surface area contributed by atoms with Crippen LogP contribution in [-0.2, 0) is 7.05 Å². The zero-order valence-electron chi connectivity index (χ0n) is 6.99. The fraction of sp³-hybridized carbons (Fsp3) is 0.125. The molecule has 0 fully saturated rings. The summed E-state index contributed by atoms with van der Waals surface area (Å²) in [6.45, 7) is 3.53. The first-order valence-corrected chi connectivity index (χ1v) is 3.52. The summed E-state index contributed by atoms with van der Waals surface area (Å²) in [5.74, 6) is 0.597. The molecule has 12 heavy (non-hydrogen) atoms. The summed E-state index contributed by atoms with van der Waals surface area (Å²) in [5, 5.41) is 3.96. The Morgan fingerprint density at radius 3 is 2.83 bits per heavy atom. The van der Waals surface area contributed by atoms with Crippen LogP contribution in [0.15, 0.2) is 24.5 Å². The Labute approximate surface area is 71.2 Å². The van der Waals surface area contributed by atoms with Gasteiger partial charge in [0.1, 0.15) is 5.82 Å². The number of nitrogen functional groups attached to an aromatic ring is 1. The van der Waals surface area contributed by atoms with Crippen LogP contribution in [0.1, 0.15) is 5.56 Å². The molecule has 0 saturated heterocycles. The normalized spacial score (nSPS) is 11.6. The first kappa shape index (κ1) is 8.39. The van der Waals surface area contributed by atoms with Gasteiger partial charge < -0.3 is 11.5 Å². The number of rotatable bonds is 2. The molecule has 4 heteroatoms. The smallest absolute Gasteiger partial charge is 0.128 e. The zero-order chi connectivity index (χ0) is 9.14. The predicted octanol–water partition coefficient (Wildman–Crippen LogP) is 0.488. The van der Waals surface area contributed by atoms with Crippen LogP contribution in [0, 0.1) is 0 Å². The topological polar surface area (TPSA) is 69.9 Å². The molecule has 0 bridgehead atoms. The predicted molar refractivity (Wildman–Crippen MR) is 50.0 cm³/mol. The second kappa shape index (κ2) is 3.13. The van der Waals surface area contributed by atoms with Crippen LogP contribution in [0.25, 0.3) is 6.08 Å². The number of aromatic nitrogens is 2. The molecule has 4 nitrogen and oxygen atoms in total. The molecule has 0 aliphatic carbocycles. The van der Waals surface area contributed by atoms with Crippen molar-refractivity contribution in [1.29, 1.82) is 0 Å². The molecule has 0 aliphatic heterocycles. The highest BCUT2D eigenvalue weighted by molar-refractivity contribution is 5.63. The van der Waals surface area contributed by atoms with Crippen LogP contribution in [0.2, 0.25) is 0 Å². The van der Waals surface area contributed by atoms with Gasteiger partial charge in [-0.25, -0.2) is 0 Å². The molecule has 0 amide bonds. The minimum absolute atomic E-state index is 0.578. The number of anilines is 1. The van der Waals surface area contributed by atoms with Gasteiger partial charge in [-0.15, -0.1) is 0 Å². The third-order valence-electron chi connectivity index (χ3n) is 1.57. The quantitative estimate of drug-likeness (QED) is 0.625. The van der Waals surface area contributed by atoms with E-state index >= 15 is 0 Å². The summed E-state index contributed by atoms with van der Waals surface area (Å²) in [5.41, 5.74) is 12.6. The van der Waals surface area contributed by atoms with E-state index in [0.717, 1.165) is 5.56 Å². The Morgan fingerprint density at radius 1 is 1.75 bits per heavy atom. The van der Waals surface area contributed by atoms with Crippen LogP contribution in [0.5, 0.6) is 0 Å². The van der Waals surface area contributed by atoms with Crippen molar-refractivity contribution in [1.82, 2.24) is 9.78 Å². The van der Waals surface area contributed by atoms with Crippen molar-refractivity contribution >= 4 is 11.9 Å². The molecule has 0 aromatic carbocycles. The fourth-order valence-corrected chi connectivity index (χ4v) is 0.814. The molecule has 0 unspecified atom stereocenters. The van der Waals surface area contributed by atoms with E-state index in [4.69, 9.17) is 11.5 Å².